The molecule has 0 spiro atoms. The quantitative estimate of drug-likeness (QED) is 0.637. The zero-order chi connectivity index (χ0) is 22.4. The summed E-state index contributed by atoms with van der Waals surface area (Å²) in [5, 5.41) is 10.2. The molecule has 1 aromatic heterocycles. The maximum atomic E-state index is 14.7. The number of halogens is 3. The minimum atomic E-state index is -4.38. The Morgan fingerprint density at radius 1 is 1.39 bits per heavy atom. The molecule has 2 aliphatic heterocycles. The molecule has 0 radical (unpaired) electrons. The lowest BCUT2D eigenvalue weighted by Gasteiger charge is -2.32. The highest BCUT2D eigenvalue weighted by atomic mass is 31.2. The maximum Gasteiger partial charge on any atom is 0.530 e. The maximum absolute atomic E-state index is 14.7. The number of aliphatic hydroxyl groups excluding tert-OH is 1. The average Bonchev–Trinajstić information content (AvgIpc) is 2.98. The minimum Gasteiger partial charge on any atom is -0.404 e. The van der Waals surface area contributed by atoms with Crippen LogP contribution in [0.4, 0.5) is 19.0 Å². The number of phosphoric acid groups is 1. The van der Waals surface area contributed by atoms with Gasteiger partial charge < -0.3 is 20.1 Å². The van der Waals surface area contributed by atoms with E-state index in [2.05, 4.69) is 4.98 Å². The Kier molecular flexibility index (Phi) is 5.56. The van der Waals surface area contributed by atoms with E-state index in [1.165, 1.54) is 6.07 Å². The van der Waals surface area contributed by atoms with Gasteiger partial charge in [0, 0.05) is 11.8 Å². The number of ether oxygens (including phenoxy) is 1. The van der Waals surface area contributed by atoms with E-state index in [1.54, 1.807) is 18.2 Å². The van der Waals surface area contributed by atoms with Gasteiger partial charge in [-0.2, -0.15) is 4.98 Å². The normalized spacial score (nSPS) is 32.6. The van der Waals surface area contributed by atoms with Crippen molar-refractivity contribution in [3.05, 3.63) is 52.6 Å². The molecule has 1 unspecified atom stereocenters. The second-order valence-electron chi connectivity index (χ2n) is 6.89. The summed E-state index contributed by atoms with van der Waals surface area (Å²) in [6.45, 7) is -1.43. The molecule has 0 aliphatic carbocycles. The molecule has 10 nitrogen and oxygen atoms in total. The Labute approximate surface area is 172 Å². The SMILES string of the molecule is Nc1ccn([C@@H]2O[C@@](COP3(=O)OCc4ccccc4O3)(C(F)F)[C@@H](O)[C@H]2F)c(=O)n1. The van der Waals surface area contributed by atoms with Crippen LogP contribution in [-0.4, -0.2) is 45.6 Å². The van der Waals surface area contributed by atoms with Gasteiger partial charge in [-0.3, -0.25) is 13.6 Å². The topological polar surface area (TPSA) is 135 Å². The lowest BCUT2D eigenvalue weighted by Crippen LogP contribution is -2.52. The van der Waals surface area contributed by atoms with E-state index in [-0.39, 0.29) is 18.2 Å². The van der Waals surface area contributed by atoms with Crippen molar-refractivity contribution in [1.29, 1.82) is 0 Å². The average molecular weight is 463 g/mol. The Morgan fingerprint density at radius 2 is 2.13 bits per heavy atom. The highest BCUT2D eigenvalue weighted by molar-refractivity contribution is 7.49. The molecule has 0 bridgehead atoms. The number of phosphoric ester groups is 1. The summed E-state index contributed by atoms with van der Waals surface area (Å²) < 4.78 is 76.3. The second-order valence-corrected chi connectivity index (χ2v) is 8.48. The molecule has 2 aliphatic rings. The van der Waals surface area contributed by atoms with E-state index >= 15 is 0 Å². The molecule has 5 atom stereocenters. The predicted octanol–water partition coefficient (Wildman–Crippen LogP) is 1.79. The number of aromatic nitrogens is 2. The van der Waals surface area contributed by atoms with E-state index < -0.39 is 50.6 Å². The van der Waals surface area contributed by atoms with E-state index in [4.69, 9.17) is 24.0 Å². The van der Waals surface area contributed by atoms with E-state index in [9.17, 15) is 27.6 Å². The third-order valence-electron chi connectivity index (χ3n) is 4.92. The molecule has 14 heteroatoms. The van der Waals surface area contributed by atoms with Crippen molar-refractivity contribution in [3.63, 3.8) is 0 Å². The van der Waals surface area contributed by atoms with Crippen LogP contribution in [-0.2, 0) is 25.0 Å². The molecule has 3 heterocycles. The van der Waals surface area contributed by atoms with Crippen LogP contribution in [0.5, 0.6) is 5.75 Å². The highest BCUT2D eigenvalue weighted by Crippen LogP contribution is 2.56. The predicted molar refractivity (Wildman–Crippen MR) is 98.1 cm³/mol. The van der Waals surface area contributed by atoms with Gasteiger partial charge in [-0.05, 0) is 12.1 Å². The summed E-state index contributed by atoms with van der Waals surface area (Å²) >= 11 is 0. The molecule has 168 valence electrons. The van der Waals surface area contributed by atoms with Gasteiger partial charge in [0.2, 0.25) is 0 Å². The summed E-state index contributed by atoms with van der Waals surface area (Å²) in [4.78, 5) is 15.3. The van der Waals surface area contributed by atoms with Crippen molar-refractivity contribution in [3.8, 4) is 5.75 Å². The van der Waals surface area contributed by atoms with E-state index in [0.717, 1.165) is 12.3 Å². The molecule has 4 rings (SSSR count). The van der Waals surface area contributed by atoms with Gasteiger partial charge in [0.1, 0.15) is 17.7 Å². The fraction of sp³-hybridized carbons (Fsp3) is 0.412. The van der Waals surface area contributed by atoms with Gasteiger partial charge in [-0.25, -0.2) is 22.5 Å². The molecule has 1 aromatic carbocycles. The molecule has 31 heavy (non-hydrogen) atoms. The lowest BCUT2D eigenvalue weighted by molar-refractivity contribution is -0.194. The number of aliphatic hydroxyl groups is 1. The minimum absolute atomic E-state index is 0.164. The van der Waals surface area contributed by atoms with Crippen LogP contribution in [0, 0.1) is 0 Å². The number of alkyl halides is 3. The van der Waals surface area contributed by atoms with Gasteiger partial charge in [0.15, 0.2) is 18.0 Å². The number of nitrogens with zero attached hydrogens (tertiary/aromatic N) is 2. The third-order valence-corrected chi connectivity index (χ3v) is 6.23. The Bertz CT molecular complexity index is 1090. The van der Waals surface area contributed by atoms with Crippen molar-refractivity contribution in [2.45, 2.75) is 37.1 Å². The molecular weight excluding hydrogens is 446 g/mol. The fourth-order valence-electron chi connectivity index (χ4n) is 3.23. The number of benzene rings is 1. The van der Waals surface area contributed by atoms with Gasteiger partial charge in [0.05, 0.1) is 13.2 Å². The summed E-state index contributed by atoms with van der Waals surface area (Å²) in [7, 11) is -4.38. The zero-order valence-corrected chi connectivity index (χ0v) is 16.5. The van der Waals surface area contributed by atoms with Crippen molar-refractivity contribution >= 4 is 13.6 Å². The first-order valence-electron chi connectivity index (χ1n) is 8.94. The van der Waals surface area contributed by atoms with Crippen molar-refractivity contribution in [2.24, 2.45) is 0 Å². The van der Waals surface area contributed by atoms with Crippen LogP contribution in [0.2, 0.25) is 0 Å². The first-order valence-corrected chi connectivity index (χ1v) is 10.4. The van der Waals surface area contributed by atoms with E-state index in [0.29, 0.717) is 10.1 Å². The van der Waals surface area contributed by atoms with Crippen LogP contribution >= 0.6 is 7.82 Å². The van der Waals surface area contributed by atoms with Crippen molar-refractivity contribution in [1.82, 2.24) is 9.55 Å². The molecule has 3 N–H and O–H groups in total. The molecule has 0 saturated carbocycles. The zero-order valence-electron chi connectivity index (χ0n) is 15.6. The highest BCUT2D eigenvalue weighted by Gasteiger charge is 2.62. The number of hydrogen-bond acceptors (Lipinski definition) is 9. The molecule has 1 fully saturated rings. The Hall–Kier alpha value is -2.44. The second kappa shape index (κ2) is 7.92. The first-order chi connectivity index (χ1) is 14.7. The largest absolute Gasteiger partial charge is 0.530 e. The molecule has 2 aromatic rings. The Balaban J connectivity index is 1.58. The number of nitrogen functional groups attached to an aromatic ring is 1. The number of anilines is 1. The monoisotopic (exact) mass is 463 g/mol. The number of fused-ring (bicyclic) bond motifs is 1. The number of nitrogens with two attached hydrogens (primary N) is 1. The number of hydrogen-bond donors (Lipinski definition) is 2. The van der Waals surface area contributed by atoms with Gasteiger partial charge in [-0.15, -0.1) is 0 Å². The number of rotatable bonds is 5. The third kappa shape index (κ3) is 3.83. The summed E-state index contributed by atoms with van der Waals surface area (Å²) in [5.74, 6) is -0.0135. The molecule has 0 amide bonds. The van der Waals surface area contributed by atoms with Crippen LogP contribution in [0.25, 0.3) is 0 Å². The Morgan fingerprint density at radius 3 is 2.84 bits per heavy atom. The van der Waals surface area contributed by atoms with Crippen LogP contribution in [0.1, 0.15) is 11.8 Å². The van der Waals surface area contributed by atoms with Crippen molar-refractivity contribution < 1.29 is 41.2 Å². The van der Waals surface area contributed by atoms with Gasteiger partial charge in [0.25, 0.3) is 6.43 Å². The summed E-state index contributed by atoms with van der Waals surface area (Å²) in [5.41, 5.74) is 1.87. The van der Waals surface area contributed by atoms with Gasteiger partial charge in [-0.1, -0.05) is 18.2 Å². The van der Waals surface area contributed by atoms with Crippen molar-refractivity contribution in [2.75, 3.05) is 12.3 Å². The summed E-state index contributed by atoms with van der Waals surface area (Å²) in [6.07, 6.45) is -9.36. The first kappa shape index (κ1) is 21.8. The van der Waals surface area contributed by atoms with Crippen LogP contribution in [0.15, 0.2) is 41.3 Å². The molecular formula is C17H17F3N3O7P. The lowest BCUT2D eigenvalue weighted by atomic mass is 9.97. The summed E-state index contributed by atoms with van der Waals surface area (Å²) in [6, 6.07) is 7.52. The van der Waals surface area contributed by atoms with Crippen LogP contribution < -0.4 is 15.9 Å². The van der Waals surface area contributed by atoms with Crippen LogP contribution in [0.3, 0.4) is 0 Å². The van der Waals surface area contributed by atoms with E-state index in [1.807, 2.05) is 0 Å². The van der Waals surface area contributed by atoms with Gasteiger partial charge >= 0.3 is 13.5 Å². The standard InChI is InChI=1S/C17H17F3N3O7P/c18-12-13(24)17(15(19)20,29-14(12)23-6-5-11(21)22-16(23)25)8-28-31(26)27-7-9-3-1-2-4-10(9)30-31/h1-6,12-15,24H,7-8H2,(H2,21,22,25)/t12-,13+,14-,17-,31?/m1/s1. The molecule has 1 saturated heterocycles. The smallest absolute Gasteiger partial charge is 0.404 e. The number of para-hydroxylation sites is 1. The fourth-order valence-corrected chi connectivity index (χ4v) is 4.48.